The maximum Gasteiger partial charge on any atom is 0.323 e. The van der Waals surface area contributed by atoms with Crippen LogP contribution in [-0.4, -0.2) is 47.3 Å². The van der Waals surface area contributed by atoms with Gasteiger partial charge in [-0.25, -0.2) is 0 Å². The fourth-order valence-electron chi connectivity index (χ4n) is 2.28. The molecule has 0 aromatic rings. The maximum absolute atomic E-state index is 11.4. The van der Waals surface area contributed by atoms with E-state index in [0.29, 0.717) is 0 Å². The van der Waals surface area contributed by atoms with Crippen molar-refractivity contribution in [1.29, 1.82) is 0 Å². The minimum atomic E-state index is -0.701. The maximum atomic E-state index is 11.4. The number of carbonyl (C=O) groups is 1. The molecule has 0 aromatic heterocycles. The number of methoxy groups -OCH3 is 1. The topological polar surface area (TPSA) is 49.8 Å². The van der Waals surface area contributed by atoms with Crippen LogP contribution in [0.2, 0.25) is 0 Å². The van der Waals surface area contributed by atoms with Crippen molar-refractivity contribution >= 4 is 5.97 Å². The van der Waals surface area contributed by atoms with Crippen molar-refractivity contribution in [2.45, 2.75) is 57.6 Å². The van der Waals surface area contributed by atoms with Crippen LogP contribution in [0.25, 0.3) is 0 Å². The summed E-state index contributed by atoms with van der Waals surface area (Å²) in [6, 6.07) is 0. The first-order chi connectivity index (χ1) is 7.82. The first kappa shape index (κ1) is 14.5. The van der Waals surface area contributed by atoms with Gasteiger partial charge in [0.15, 0.2) is 0 Å². The summed E-state index contributed by atoms with van der Waals surface area (Å²) in [4.78, 5) is 13.5. The van der Waals surface area contributed by atoms with Crippen molar-refractivity contribution in [2.24, 2.45) is 0 Å². The Balaban J connectivity index is 2.64. The number of hydrogen-bond acceptors (Lipinski definition) is 3. The van der Waals surface area contributed by atoms with Gasteiger partial charge in [0.1, 0.15) is 5.54 Å². The highest BCUT2D eigenvalue weighted by molar-refractivity contribution is 5.78. The summed E-state index contributed by atoms with van der Waals surface area (Å²) in [5, 5.41) is 9.38. The zero-order chi connectivity index (χ0) is 13.1. The fraction of sp³-hybridized carbons (Fsp3) is 0.923. The summed E-state index contributed by atoms with van der Waals surface area (Å²) in [6.07, 6.45) is 3.70. The molecule has 1 aliphatic rings. The van der Waals surface area contributed by atoms with Crippen LogP contribution in [0.3, 0.4) is 0 Å². The van der Waals surface area contributed by atoms with Crippen LogP contribution in [0.15, 0.2) is 0 Å². The van der Waals surface area contributed by atoms with Crippen molar-refractivity contribution in [3.05, 3.63) is 0 Å². The number of carboxylic acids is 1. The van der Waals surface area contributed by atoms with Crippen LogP contribution in [0.1, 0.15) is 46.5 Å². The molecule has 1 atom stereocenters. The number of likely N-dealkylation sites (tertiary alicyclic amines) is 1. The number of aliphatic carboxylic acids is 1. The number of ether oxygens (including phenoxy) is 1. The van der Waals surface area contributed by atoms with Gasteiger partial charge in [0.2, 0.25) is 0 Å². The van der Waals surface area contributed by atoms with Crippen LogP contribution in [0.4, 0.5) is 0 Å². The smallest absolute Gasteiger partial charge is 0.323 e. The summed E-state index contributed by atoms with van der Waals surface area (Å²) in [5.74, 6) is -0.701. The van der Waals surface area contributed by atoms with Crippen LogP contribution in [0.5, 0.6) is 0 Å². The minimum Gasteiger partial charge on any atom is -0.480 e. The normalized spacial score (nSPS) is 27.1. The molecule has 1 unspecified atom stereocenters. The van der Waals surface area contributed by atoms with Gasteiger partial charge in [0, 0.05) is 13.7 Å². The molecule has 1 fully saturated rings. The lowest BCUT2D eigenvalue weighted by atomic mass is 9.87. The second-order valence-corrected chi connectivity index (χ2v) is 5.74. The monoisotopic (exact) mass is 243 g/mol. The minimum absolute atomic E-state index is 0.184. The van der Waals surface area contributed by atoms with E-state index in [9.17, 15) is 9.90 Å². The Hall–Kier alpha value is -0.610. The lowest BCUT2D eigenvalue weighted by Gasteiger charge is -2.42. The van der Waals surface area contributed by atoms with Gasteiger partial charge in [-0.1, -0.05) is 0 Å². The summed E-state index contributed by atoms with van der Waals surface area (Å²) in [5.41, 5.74) is -0.876. The molecule has 4 heteroatoms. The summed E-state index contributed by atoms with van der Waals surface area (Å²) in [6.45, 7) is 7.57. The molecule has 4 nitrogen and oxygen atoms in total. The van der Waals surface area contributed by atoms with Gasteiger partial charge in [-0.15, -0.1) is 0 Å². The first-order valence-electron chi connectivity index (χ1n) is 6.35. The number of rotatable bonds is 5. The molecule has 0 saturated carbocycles. The molecule has 0 aliphatic carbocycles. The summed E-state index contributed by atoms with van der Waals surface area (Å²) >= 11 is 0. The third-order valence-electron chi connectivity index (χ3n) is 4.04. The van der Waals surface area contributed by atoms with Crippen LogP contribution >= 0.6 is 0 Å². The van der Waals surface area contributed by atoms with Crippen molar-refractivity contribution in [1.82, 2.24) is 4.90 Å². The molecular weight excluding hydrogens is 218 g/mol. The lowest BCUT2D eigenvalue weighted by molar-refractivity contribution is -0.153. The van der Waals surface area contributed by atoms with E-state index < -0.39 is 11.5 Å². The molecule has 1 rings (SSSR count). The SMILES string of the molecule is COC(C)(C)CCN1CCCCC1(C)C(=O)O. The molecule has 1 N–H and O–H groups in total. The molecule has 0 aromatic carbocycles. The van der Waals surface area contributed by atoms with Gasteiger partial charge in [0.25, 0.3) is 0 Å². The predicted octanol–water partition coefficient (Wildman–Crippen LogP) is 2.13. The standard InChI is InChI=1S/C13H25NO3/c1-12(2,17-4)8-10-14-9-6-5-7-13(14,3)11(15)16/h5-10H2,1-4H3,(H,15,16). The highest BCUT2D eigenvalue weighted by atomic mass is 16.5. The zero-order valence-corrected chi connectivity index (χ0v) is 11.5. The Bertz CT molecular complexity index is 278. The van der Waals surface area contributed by atoms with E-state index in [1.165, 1.54) is 0 Å². The summed E-state index contributed by atoms with van der Waals surface area (Å²) in [7, 11) is 1.70. The third kappa shape index (κ3) is 3.42. The van der Waals surface area contributed by atoms with Crippen LogP contribution < -0.4 is 0 Å². The highest BCUT2D eigenvalue weighted by Gasteiger charge is 2.41. The van der Waals surface area contributed by atoms with E-state index in [-0.39, 0.29) is 5.60 Å². The van der Waals surface area contributed by atoms with Crippen LogP contribution in [0, 0.1) is 0 Å². The molecule has 1 saturated heterocycles. The quantitative estimate of drug-likeness (QED) is 0.803. The number of nitrogens with zero attached hydrogens (tertiary/aromatic N) is 1. The average molecular weight is 243 g/mol. The number of hydrogen-bond donors (Lipinski definition) is 1. The van der Waals surface area contributed by atoms with Gasteiger partial charge in [0.05, 0.1) is 5.60 Å². The number of piperidine rings is 1. The van der Waals surface area contributed by atoms with Crippen molar-refractivity contribution < 1.29 is 14.6 Å². The van der Waals surface area contributed by atoms with E-state index in [1.54, 1.807) is 7.11 Å². The van der Waals surface area contributed by atoms with Gasteiger partial charge in [-0.05, 0) is 53.0 Å². The van der Waals surface area contributed by atoms with Crippen molar-refractivity contribution in [3.63, 3.8) is 0 Å². The van der Waals surface area contributed by atoms with Crippen LogP contribution in [-0.2, 0) is 9.53 Å². The van der Waals surface area contributed by atoms with Crippen molar-refractivity contribution in [2.75, 3.05) is 20.2 Å². The molecule has 0 spiro atoms. The van der Waals surface area contributed by atoms with E-state index in [1.807, 2.05) is 20.8 Å². The molecule has 1 heterocycles. The molecule has 17 heavy (non-hydrogen) atoms. The van der Waals surface area contributed by atoms with E-state index in [4.69, 9.17) is 4.74 Å². The second kappa shape index (κ2) is 5.36. The Morgan fingerprint density at radius 3 is 2.65 bits per heavy atom. The van der Waals surface area contributed by atoms with E-state index >= 15 is 0 Å². The van der Waals surface area contributed by atoms with Gasteiger partial charge < -0.3 is 9.84 Å². The zero-order valence-electron chi connectivity index (χ0n) is 11.5. The lowest BCUT2D eigenvalue weighted by Crippen LogP contribution is -2.56. The predicted molar refractivity (Wildman–Crippen MR) is 67.2 cm³/mol. The Kier molecular flexibility index (Phi) is 4.55. The molecule has 1 aliphatic heterocycles. The Morgan fingerprint density at radius 1 is 1.47 bits per heavy atom. The highest BCUT2D eigenvalue weighted by Crippen LogP contribution is 2.29. The average Bonchev–Trinajstić information content (AvgIpc) is 2.28. The Morgan fingerprint density at radius 2 is 2.12 bits per heavy atom. The molecule has 0 bridgehead atoms. The fourth-order valence-corrected chi connectivity index (χ4v) is 2.28. The summed E-state index contributed by atoms with van der Waals surface area (Å²) < 4.78 is 5.38. The Labute approximate surface area is 104 Å². The van der Waals surface area contributed by atoms with Crippen molar-refractivity contribution in [3.8, 4) is 0 Å². The first-order valence-corrected chi connectivity index (χ1v) is 6.35. The van der Waals surface area contributed by atoms with Gasteiger partial charge in [-0.2, -0.15) is 0 Å². The van der Waals surface area contributed by atoms with Gasteiger partial charge in [-0.3, -0.25) is 9.69 Å². The van der Waals surface area contributed by atoms with E-state index in [2.05, 4.69) is 4.90 Å². The second-order valence-electron chi connectivity index (χ2n) is 5.74. The molecule has 100 valence electrons. The number of carboxylic acid groups (broad SMARTS) is 1. The molecule has 0 radical (unpaired) electrons. The van der Waals surface area contributed by atoms with E-state index in [0.717, 1.165) is 38.8 Å². The molecular formula is C13H25NO3. The molecule has 0 amide bonds. The van der Waals surface area contributed by atoms with Gasteiger partial charge >= 0.3 is 5.97 Å². The third-order valence-corrected chi connectivity index (χ3v) is 4.04. The largest absolute Gasteiger partial charge is 0.480 e.